The maximum Gasteiger partial charge on any atom is 0.223 e. The Kier molecular flexibility index (Phi) is 3.85. The molecule has 0 aromatic heterocycles. The zero-order valence-corrected chi connectivity index (χ0v) is 10.2. The van der Waals surface area contributed by atoms with Crippen molar-refractivity contribution >= 4 is 5.91 Å². The highest BCUT2D eigenvalue weighted by molar-refractivity contribution is 5.79. The topological polar surface area (TPSA) is 55.1 Å². The molecule has 0 aromatic carbocycles. The van der Waals surface area contributed by atoms with E-state index in [-0.39, 0.29) is 11.8 Å². The number of nitrogens with one attached hydrogen (secondary N) is 1. The van der Waals surface area contributed by atoms with Crippen LogP contribution in [0.5, 0.6) is 0 Å². The lowest BCUT2D eigenvalue weighted by Crippen LogP contribution is -2.43. The second-order valence-electron chi connectivity index (χ2n) is 5.65. The van der Waals surface area contributed by atoms with Gasteiger partial charge in [-0.05, 0) is 38.0 Å². The SMILES string of the molecule is CC1CC(N)CCC1C(=O)NC1CCCC1. The van der Waals surface area contributed by atoms with Crippen molar-refractivity contribution in [2.24, 2.45) is 17.6 Å². The van der Waals surface area contributed by atoms with Crippen LogP contribution in [0.15, 0.2) is 0 Å². The number of carbonyl (C=O) groups is 1. The van der Waals surface area contributed by atoms with Crippen LogP contribution >= 0.6 is 0 Å². The van der Waals surface area contributed by atoms with Gasteiger partial charge in [0.25, 0.3) is 0 Å². The number of amides is 1. The number of carbonyl (C=O) groups excluding carboxylic acids is 1. The molecule has 3 nitrogen and oxygen atoms in total. The Labute approximate surface area is 98.2 Å². The predicted molar refractivity (Wildman–Crippen MR) is 64.9 cm³/mol. The molecule has 0 saturated heterocycles. The molecule has 16 heavy (non-hydrogen) atoms. The van der Waals surface area contributed by atoms with Gasteiger partial charge in [0.1, 0.15) is 0 Å². The molecule has 92 valence electrons. The number of hydrogen-bond donors (Lipinski definition) is 2. The zero-order valence-electron chi connectivity index (χ0n) is 10.2. The minimum atomic E-state index is 0.209. The largest absolute Gasteiger partial charge is 0.353 e. The van der Waals surface area contributed by atoms with Gasteiger partial charge in [-0.25, -0.2) is 0 Å². The van der Waals surface area contributed by atoms with Gasteiger partial charge < -0.3 is 11.1 Å². The van der Waals surface area contributed by atoms with Crippen LogP contribution in [-0.2, 0) is 4.79 Å². The molecule has 3 unspecified atom stereocenters. The van der Waals surface area contributed by atoms with Crippen molar-refractivity contribution in [2.75, 3.05) is 0 Å². The highest BCUT2D eigenvalue weighted by atomic mass is 16.1. The van der Waals surface area contributed by atoms with Crippen molar-refractivity contribution < 1.29 is 4.79 Å². The van der Waals surface area contributed by atoms with Crippen LogP contribution in [-0.4, -0.2) is 18.0 Å². The van der Waals surface area contributed by atoms with Crippen LogP contribution in [0, 0.1) is 11.8 Å². The quantitative estimate of drug-likeness (QED) is 0.751. The average molecular weight is 224 g/mol. The summed E-state index contributed by atoms with van der Waals surface area (Å²) in [5, 5.41) is 3.21. The predicted octanol–water partition coefficient (Wildman–Crippen LogP) is 1.81. The van der Waals surface area contributed by atoms with E-state index in [9.17, 15) is 4.79 Å². The lowest BCUT2D eigenvalue weighted by molar-refractivity contribution is -0.128. The molecule has 0 bridgehead atoms. The molecule has 0 aromatic rings. The number of rotatable bonds is 2. The first-order chi connectivity index (χ1) is 7.66. The van der Waals surface area contributed by atoms with Gasteiger partial charge in [0.15, 0.2) is 0 Å². The van der Waals surface area contributed by atoms with E-state index in [1.54, 1.807) is 0 Å². The highest BCUT2D eigenvalue weighted by Gasteiger charge is 2.32. The molecular weight excluding hydrogens is 200 g/mol. The fraction of sp³-hybridized carbons (Fsp3) is 0.923. The summed E-state index contributed by atoms with van der Waals surface area (Å²) < 4.78 is 0. The molecule has 3 atom stereocenters. The van der Waals surface area contributed by atoms with Gasteiger partial charge in [0, 0.05) is 18.0 Å². The molecule has 2 saturated carbocycles. The molecule has 0 radical (unpaired) electrons. The average Bonchev–Trinajstić information content (AvgIpc) is 2.70. The van der Waals surface area contributed by atoms with Crippen molar-refractivity contribution in [2.45, 2.75) is 64.0 Å². The first-order valence-electron chi connectivity index (χ1n) is 6.72. The van der Waals surface area contributed by atoms with Crippen LogP contribution in [0.1, 0.15) is 51.9 Å². The van der Waals surface area contributed by atoms with Crippen LogP contribution in [0.25, 0.3) is 0 Å². The Morgan fingerprint density at radius 3 is 2.50 bits per heavy atom. The summed E-state index contributed by atoms with van der Waals surface area (Å²) in [6.45, 7) is 2.16. The monoisotopic (exact) mass is 224 g/mol. The Morgan fingerprint density at radius 2 is 1.88 bits per heavy atom. The van der Waals surface area contributed by atoms with E-state index < -0.39 is 0 Å². The summed E-state index contributed by atoms with van der Waals surface area (Å²) in [6, 6.07) is 0.765. The van der Waals surface area contributed by atoms with Crippen LogP contribution in [0.3, 0.4) is 0 Å². The third kappa shape index (κ3) is 2.76. The first-order valence-corrected chi connectivity index (χ1v) is 6.72. The van der Waals surface area contributed by atoms with Crippen LogP contribution < -0.4 is 11.1 Å². The molecule has 0 spiro atoms. The Bertz CT molecular complexity index is 248. The van der Waals surface area contributed by atoms with E-state index in [1.807, 2.05) is 0 Å². The molecule has 0 aliphatic heterocycles. The van der Waals surface area contributed by atoms with Gasteiger partial charge in [-0.15, -0.1) is 0 Å². The second kappa shape index (κ2) is 5.17. The minimum absolute atomic E-state index is 0.209. The maximum absolute atomic E-state index is 12.1. The highest BCUT2D eigenvalue weighted by Crippen LogP contribution is 2.29. The summed E-state index contributed by atoms with van der Waals surface area (Å²) in [5.41, 5.74) is 5.92. The number of hydrogen-bond acceptors (Lipinski definition) is 2. The Morgan fingerprint density at radius 1 is 1.19 bits per heavy atom. The Balaban J connectivity index is 1.83. The first kappa shape index (κ1) is 11.9. The molecule has 2 aliphatic carbocycles. The van der Waals surface area contributed by atoms with Gasteiger partial charge in [-0.1, -0.05) is 19.8 Å². The third-order valence-electron chi connectivity index (χ3n) is 4.25. The van der Waals surface area contributed by atoms with E-state index in [2.05, 4.69) is 12.2 Å². The number of nitrogens with two attached hydrogens (primary N) is 1. The summed E-state index contributed by atoms with van der Waals surface area (Å²) in [6.07, 6.45) is 7.88. The lowest BCUT2D eigenvalue weighted by Gasteiger charge is -2.32. The van der Waals surface area contributed by atoms with E-state index >= 15 is 0 Å². The normalized spacial score (nSPS) is 36.2. The third-order valence-corrected chi connectivity index (χ3v) is 4.25. The summed E-state index contributed by atoms with van der Waals surface area (Å²) >= 11 is 0. The minimum Gasteiger partial charge on any atom is -0.353 e. The van der Waals surface area contributed by atoms with Gasteiger partial charge in [-0.3, -0.25) is 4.79 Å². The van der Waals surface area contributed by atoms with E-state index in [0.717, 1.165) is 19.3 Å². The van der Waals surface area contributed by atoms with Gasteiger partial charge >= 0.3 is 0 Å². The van der Waals surface area contributed by atoms with Crippen molar-refractivity contribution in [3.05, 3.63) is 0 Å². The van der Waals surface area contributed by atoms with Crippen molar-refractivity contribution in [1.82, 2.24) is 5.32 Å². The lowest BCUT2D eigenvalue weighted by atomic mass is 9.77. The fourth-order valence-electron chi connectivity index (χ4n) is 3.21. The van der Waals surface area contributed by atoms with E-state index in [4.69, 9.17) is 5.73 Å². The Hall–Kier alpha value is -0.570. The molecule has 2 fully saturated rings. The van der Waals surface area contributed by atoms with E-state index in [1.165, 1.54) is 25.7 Å². The molecule has 3 heteroatoms. The van der Waals surface area contributed by atoms with E-state index in [0.29, 0.717) is 18.0 Å². The molecule has 3 N–H and O–H groups in total. The van der Waals surface area contributed by atoms with Crippen LogP contribution in [0.4, 0.5) is 0 Å². The summed E-state index contributed by atoms with van der Waals surface area (Å²) in [4.78, 5) is 12.1. The molecular formula is C13H24N2O. The fourth-order valence-corrected chi connectivity index (χ4v) is 3.21. The smallest absolute Gasteiger partial charge is 0.223 e. The van der Waals surface area contributed by atoms with Gasteiger partial charge in [0.05, 0.1) is 0 Å². The second-order valence-corrected chi connectivity index (χ2v) is 5.65. The maximum atomic E-state index is 12.1. The van der Waals surface area contributed by atoms with Crippen molar-refractivity contribution in [1.29, 1.82) is 0 Å². The van der Waals surface area contributed by atoms with Crippen LogP contribution in [0.2, 0.25) is 0 Å². The van der Waals surface area contributed by atoms with Crippen molar-refractivity contribution in [3.63, 3.8) is 0 Å². The summed E-state index contributed by atoms with van der Waals surface area (Å²) in [7, 11) is 0. The molecule has 1 amide bonds. The molecule has 2 rings (SSSR count). The van der Waals surface area contributed by atoms with Gasteiger partial charge in [-0.2, -0.15) is 0 Å². The summed E-state index contributed by atoms with van der Waals surface area (Å²) in [5.74, 6) is 0.942. The molecule has 0 heterocycles. The molecule has 2 aliphatic rings. The van der Waals surface area contributed by atoms with Gasteiger partial charge in [0.2, 0.25) is 5.91 Å². The van der Waals surface area contributed by atoms with Crippen molar-refractivity contribution in [3.8, 4) is 0 Å². The zero-order chi connectivity index (χ0) is 11.5. The standard InChI is InChI=1S/C13H24N2O/c1-9-8-10(14)6-7-12(9)13(16)15-11-4-2-3-5-11/h9-12H,2-8,14H2,1H3,(H,15,16).